The normalized spacial score (nSPS) is 10.7. The van der Waals surface area contributed by atoms with Crippen molar-refractivity contribution >= 4 is 16.8 Å². The van der Waals surface area contributed by atoms with Gasteiger partial charge >= 0.3 is 0 Å². The van der Waals surface area contributed by atoms with Gasteiger partial charge in [-0.05, 0) is 55.3 Å². The van der Waals surface area contributed by atoms with Crippen LogP contribution in [0, 0.1) is 13.8 Å². The van der Waals surface area contributed by atoms with Crippen LogP contribution in [0.1, 0.15) is 27.0 Å². The molecule has 0 bridgehead atoms. The molecule has 0 saturated heterocycles. The van der Waals surface area contributed by atoms with Crippen LogP contribution in [-0.4, -0.2) is 10.9 Å². The third-order valence-electron chi connectivity index (χ3n) is 5.06. The lowest BCUT2D eigenvalue weighted by Gasteiger charge is -2.14. The fraction of sp³-hybridized carbons (Fsp3) is 0.120. The van der Waals surface area contributed by atoms with Crippen LogP contribution in [0.4, 0.5) is 0 Å². The Labute approximate surface area is 170 Å². The molecule has 29 heavy (non-hydrogen) atoms. The van der Waals surface area contributed by atoms with E-state index in [0.717, 1.165) is 33.3 Å². The van der Waals surface area contributed by atoms with E-state index < -0.39 is 0 Å². The van der Waals surface area contributed by atoms with E-state index in [9.17, 15) is 4.79 Å². The summed E-state index contributed by atoms with van der Waals surface area (Å²) in [5.74, 6) is 1.26. The highest BCUT2D eigenvalue weighted by Gasteiger charge is 2.14. The Hall–Kier alpha value is -3.66. The summed E-state index contributed by atoms with van der Waals surface area (Å²) < 4.78 is 6.18. The van der Waals surface area contributed by atoms with Gasteiger partial charge in [-0.15, -0.1) is 0 Å². The van der Waals surface area contributed by atoms with Gasteiger partial charge in [0, 0.05) is 29.3 Å². The van der Waals surface area contributed by atoms with Gasteiger partial charge < -0.3 is 10.1 Å². The first-order valence-corrected chi connectivity index (χ1v) is 9.57. The van der Waals surface area contributed by atoms with Gasteiger partial charge in [0.25, 0.3) is 5.91 Å². The van der Waals surface area contributed by atoms with Crippen molar-refractivity contribution in [1.29, 1.82) is 0 Å². The maximum atomic E-state index is 12.8. The minimum absolute atomic E-state index is 0.115. The van der Waals surface area contributed by atoms with Crippen molar-refractivity contribution < 1.29 is 9.53 Å². The number of amides is 1. The Bertz CT molecular complexity index is 1180. The number of fused-ring (bicyclic) bond motifs is 1. The van der Waals surface area contributed by atoms with E-state index in [2.05, 4.69) is 10.3 Å². The first-order chi connectivity index (χ1) is 14.1. The molecule has 144 valence electrons. The van der Waals surface area contributed by atoms with E-state index in [-0.39, 0.29) is 5.91 Å². The summed E-state index contributed by atoms with van der Waals surface area (Å²) in [5.41, 5.74) is 4.54. The van der Waals surface area contributed by atoms with E-state index in [0.29, 0.717) is 17.9 Å². The molecule has 0 aliphatic carbocycles. The van der Waals surface area contributed by atoms with Gasteiger partial charge in [-0.3, -0.25) is 9.78 Å². The summed E-state index contributed by atoms with van der Waals surface area (Å²) in [6.07, 6.45) is 1.73. The highest BCUT2D eigenvalue weighted by molar-refractivity contribution is 5.96. The second kappa shape index (κ2) is 8.15. The lowest BCUT2D eigenvalue weighted by Crippen LogP contribution is -2.24. The number of pyridine rings is 1. The molecule has 1 N–H and O–H groups in total. The molecule has 3 aromatic carbocycles. The Morgan fingerprint density at radius 3 is 2.55 bits per heavy atom. The molecule has 1 heterocycles. The number of nitrogens with zero attached hydrogens (tertiary/aromatic N) is 1. The van der Waals surface area contributed by atoms with E-state index in [1.54, 1.807) is 6.20 Å². The first kappa shape index (κ1) is 18.7. The van der Waals surface area contributed by atoms with Crippen LogP contribution in [0.25, 0.3) is 10.9 Å². The number of aryl methyl sites for hydroxylation is 1. The molecule has 0 aliphatic rings. The monoisotopic (exact) mass is 382 g/mol. The molecule has 4 rings (SSSR count). The fourth-order valence-electron chi connectivity index (χ4n) is 3.33. The van der Waals surface area contributed by atoms with E-state index in [1.807, 2.05) is 86.6 Å². The zero-order chi connectivity index (χ0) is 20.2. The molecule has 4 heteroatoms. The molecule has 0 spiro atoms. The average molecular weight is 382 g/mol. The van der Waals surface area contributed by atoms with Crippen LogP contribution in [0.15, 0.2) is 79.0 Å². The van der Waals surface area contributed by atoms with Crippen LogP contribution < -0.4 is 10.1 Å². The van der Waals surface area contributed by atoms with E-state index in [1.165, 1.54) is 0 Å². The van der Waals surface area contributed by atoms with Gasteiger partial charge in [0.1, 0.15) is 11.5 Å². The molecule has 0 unspecified atom stereocenters. The minimum Gasteiger partial charge on any atom is -0.456 e. The number of carbonyl (C=O) groups excluding carboxylic acids is 1. The van der Waals surface area contributed by atoms with Crippen LogP contribution in [-0.2, 0) is 6.54 Å². The Morgan fingerprint density at radius 1 is 0.897 bits per heavy atom. The van der Waals surface area contributed by atoms with Gasteiger partial charge in [0.2, 0.25) is 0 Å². The predicted molar refractivity (Wildman–Crippen MR) is 115 cm³/mol. The van der Waals surface area contributed by atoms with E-state index >= 15 is 0 Å². The average Bonchev–Trinajstić information content (AvgIpc) is 2.75. The molecule has 0 aliphatic heterocycles. The van der Waals surface area contributed by atoms with Crippen molar-refractivity contribution in [3.8, 4) is 11.5 Å². The van der Waals surface area contributed by atoms with Crippen molar-refractivity contribution in [3.05, 3.63) is 101 Å². The van der Waals surface area contributed by atoms with Crippen LogP contribution in [0.5, 0.6) is 11.5 Å². The molecular weight excluding hydrogens is 360 g/mol. The molecule has 4 nitrogen and oxygen atoms in total. The zero-order valence-electron chi connectivity index (χ0n) is 16.5. The Morgan fingerprint density at radius 2 is 1.69 bits per heavy atom. The predicted octanol–water partition coefficient (Wildman–Crippen LogP) is 5.57. The Balaban J connectivity index is 1.57. The van der Waals surface area contributed by atoms with Crippen molar-refractivity contribution in [2.75, 3.05) is 0 Å². The first-order valence-electron chi connectivity index (χ1n) is 9.57. The minimum atomic E-state index is -0.115. The number of hydrogen-bond donors (Lipinski definition) is 1. The molecular formula is C25H22N2O2. The molecule has 0 atom stereocenters. The van der Waals surface area contributed by atoms with Crippen molar-refractivity contribution in [2.45, 2.75) is 20.4 Å². The number of benzene rings is 3. The summed E-state index contributed by atoms with van der Waals surface area (Å²) >= 11 is 0. The molecule has 1 aromatic heterocycles. The number of ether oxygens (including phenoxy) is 1. The Kier molecular flexibility index (Phi) is 5.25. The summed E-state index contributed by atoms with van der Waals surface area (Å²) in [4.78, 5) is 17.2. The lowest BCUT2D eigenvalue weighted by molar-refractivity contribution is 0.0950. The van der Waals surface area contributed by atoms with Crippen molar-refractivity contribution in [2.24, 2.45) is 0 Å². The van der Waals surface area contributed by atoms with E-state index in [4.69, 9.17) is 4.74 Å². The fourth-order valence-corrected chi connectivity index (χ4v) is 3.33. The highest BCUT2D eigenvalue weighted by Crippen LogP contribution is 2.31. The van der Waals surface area contributed by atoms with Crippen molar-refractivity contribution in [3.63, 3.8) is 0 Å². The number of carbonyl (C=O) groups is 1. The van der Waals surface area contributed by atoms with Gasteiger partial charge in [0.05, 0.1) is 5.52 Å². The number of para-hydroxylation sites is 1. The maximum Gasteiger partial charge on any atom is 0.251 e. The molecule has 0 fully saturated rings. The molecule has 4 aromatic rings. The highest BCUT2D eigenvalue weighted by atomic mass is 16.5. The summed E-state index contributed by atoms with van der Waals surface area (Å²) in [6.45, 7) is 4.44. The number of aromatic nitrogens is 1. The van der Waals surface area contributed by atoms with Gasteiger partial charge in [-0.25, -0.2) is 0 Å². The standard InChI is InChI=1S/C25H22N2O2/c1-17-8-3-4-9-19(17)16-27-25(28)20-11-7-13-23(18(20)2)29-24-14-15-26-22-12-6-5-10-21(22)24/h3-15H,16H2,1-2H3,(H,27,28). The summed E-state index contributed by atoms with van der Waals surface area (Å²) in [6, 6.07) is 23.3. The number of nitrogens with one attached hydrogen (secondary N) is 1. The maximum absolute atomic E-state index is 12.8. The second-order valence-electron chi connectivity index (χ2n) is 6.97. The molecule has 0 saturated carbocycles. The largest absolute Gasteiger partial charge is 0.456 e. The SMILES string of the molecule is Cc1ccccc1CNC(=O)c1cccc(Oc2ccnc3ccccc23)c1C. The summed E-state index contributed by atoms with van der Waals surface area (Å²) in [7, 11) is 0. The summed E-state index contributed by atoms with van der Waals surface area (Å²) in [5, 5.41) is 3.95. The van der Waals surface area contributed by atoms with Gasteiger partial charge in [0.15, 0.2) is 0 Å². The topological polar surface area (TPSA) is 51.2 Å². The lowest BCUT2D eigenvalue weighted by atomic mass is 10.1. The van der Waals surface area contributed by atoms with Crippen molar-refractivity contribution in [1.82, 2.24) is 10.3 Å². The number of rotatable bonds is 5. The molecule has 1 amide bonds. The zero-order valence-corrected chi connectivity index (χ0v) is 16.5. The van der Waals surface area contributed by atoms with Crippen LogP contribution >= 0.6 is 0 Å². The van der Waals surface area contributed by atoms with Gasteiger partial charge in [-0.1, -0.05) is 42.5 Å². The van der Waals surface area contributed by atoms with Crippen LogP contribution in [0.2, 0.25) is 0 Å². The smallest absolute Gasteiger partial charge is 0.251 e. The molecule has 0 radical (unpaired) electrons. The second-order valence-corrected chi connectivity index (χ2v) is 6.97. The third-order valence-corrected chi connectivity index (χ3v) is 5.06. The number of hydrogen-bond acceptors (Lipinski definition) is 3. The third kappa shape index (κ3) is 3.97. The van der Waals surface area contributed by atoms with Crippen LogP contribution in [0.3, 0.4) is 0 Å². The quantitative estimate of drug-likeness (QED) is 0.491. The van der Waals surface area contributed by atoms with Gasteiger partial charge in [-0.2, -0.15) is 0 Å².